The third-order valence-electron chi connectivity index (χ3n) is 1.44. The second-order valence-electron chi connectivity index (χ2n) is 3.11. The number of rotatable bonds is 3. The minimum atomic E-state index is 0.362. The molecule has 0 aromatic carbocycles. The highest BCUT2D eigenvalue weighted by molar-refractivity contribution is 6.37. The normalized spacial score (nSPS) is 10.5. The van der Waals surface area contributed by atoms with Crippen LogP contribution >= 0.6 is 23.2 Å². The number of hydrogen-bond donors (Lipinski definition) is 1. The Morgan fingerprint density at radius 2 is 1.85 bits per heavy atom. The first-order valence-electron chi connectivity index (χ1n) is 4.01. The number of nitrogens with zero attached hydrogens (tertiary/aromatic N) is 2. The van der Waals surface area contributed by atoms with Crippen molar-refractivity contribution in [3.05, 3.63) is 16.6 Å². The molecule has 0 saturated carbocycles. The predicted octanol–water partition coefficient (Wildman–Crippen LogP) is 2.85. The zero-order chi connectivity index (χ0) is 9.84. The summed E-state index contributed by atoms with van der Waals surface area (Å²) in [5.74, 6) is 0.521. The van der Waals surface area contributed by atoms with Crippen LogP contribution in [0.15, 0.2) is 6.33 Å². The summed E-state index contributed by atoms with van der Waals surface area (Å²) >= 11 is 11.6. The van der Waals surface area contributed by atoms with E-state index in [0.29, 0.717) is 21.9 Å². The van der Waals surface area contributed by atoms with Crippen molar-refractivity contribution in [3.63, 3.8) is 0 Å². The van der Waals surface area contributed by atoms with Crippen molar-refractivity contribution in [2.45, 2.75) is 13.8 Å². The number of anilines is 1. The molecule has 1 N–H and O–H groups in total. The Balaban J connectivity index is 2.75. The smallest absolute Gasteiger partial charge is 0.157 e. The molecule has 1 heterocycles. The molecule has 0 amide bonds. The lowest BCUT2D eigenvalue weighted by molar-refractivity contribution is 0.688. The number of aromatic nitrogens is 2. The second-order valence-corrected chi connectivity index (χ2v) is 3.82. The Labute approximate surface area is 87.5 Å². The molecule has 13 heavy (non-hydrogen) atoms. The van der Waals surface area contributed by atoms with E-state index in [0.717, 1.165) is 6.54 Å². The lowest BCUT2D eigenvalue weighted by Gasteiger charge is -2.10. The molecule has 1 rings (SSSR count). The molecule has 0 saturated heterocycles. The van der Waals surface area contributed by atoms with Gasteiger partial charge in [-0.1, -0.05) is 37.0 Å². The van der Waals surface area contributed by atoms with Gasteiger partial charge < -0.3 is 5.32 Å². The van der Waals surface area contributed by atoms with Crippen LogP contribution in [-0.4, -0.2) is 16.5 Å². The van der Waals surface area contributed by atoms with Crippen LogP contribution in [-0.2, 0) is 0 Å². The molecule has 0 spiro atoms. The third-order valence-corrected chi connectivity index (χ3v) is 2.01. The van der Waals surface area contributed by atoms with E-state index >= 15 is 0 Å². The Morgan fingerprint density at radius 3 is 2.31 bits per heavy atom. The molecule has 3 nitrogen and oxygen atoms in total. The highest BCUT2D eigenvalue weighted by Crippen LogP contribution is 2.25. The zero-order valence-electron chi connectivity index (χ0n) is 7.51. The predicted molar refractivity (Wildman–Crippen MR) is 55.4 cm³/mol. The van der Waals surface area contributed by atoms with E-state index < -0.39 is 0 Å². The highest BCUT2D eigenvalue weighted by Gasteiger charge is 2.07. The van der Waals surface area contributed by atoms with Crippen LogP contribution in [0.1, 0.15) is 13.8 Å². The van der Waals surface area contributed by atoms with Crippen LogP contribution in [0.3, 0.4) is 0 Å². The standard InChI is InChI=1S/C8H11Cl2N3/c1-5(2)3-11-6-7(9)12-4-13-8(6)10/h4-5,11H,3H2,1-2H3. The Bertz CT molecular complexity index is 268. The van der Waals surface area contributed by atoms with Crippen molar-refractivity contribution >= 4 is 28.9 Å². The first-order chi connectivity index (χ1) is 6.11. The largest absolute Gasteiger partial charge is 0.380 e. The fraction of sp³-hybridized carbons (Fsp3) is 0.500. The fourth-order valence-corrected chi connectivity index (χ4v) is 1.24. The van der Waals surface area contributed by atoms with Crippen LogP contribution < -0.4 is 5.32 Å². The van der Waals surface area contributed by atoms with Crippen molar-refractivity contribution in [1.29, 1.82) is 0 Å². The van der Waals surface area contributed by atoms with Gasteiger partial charge in [0.25, 0.3) is 0 Å². The van der Waals surface area contributed by atoms with E-state index in [4.69, 9.17) is 23.2 Å². The molecular weight excluding hydrogens is 209 g/mol. The number of hydrogen-bond acceptors (Lipinski definition) is 3. The van der Waals surface area contributed by atoms with E-state index in [9.17, 15) is 0 Å². The average Bonchev–Trinajstić information content (AvgIpc) is 2.03. The van der Waals surface area contributed by atoms with E-state index in [2.05, 4.69) is 29.1 Å². The second kappa shape index (κ2) is 4.63. The van der Waals surface area contributed by atoms with Gasteiger partial charge in [0.05, 0.1) is 0 Å². The quantitative estimate of drug-likeness (QED) is 0.796. The summed E-state index contributed by atoms with van der Waals surface area (Å²) in [6.45, 7) is 4.99. The van der Waals surface area contributed by atoms with Crippen molar-refractivity contribution in [1.82, 2.24) is 9.97 Å². The molecule has 5 heteroatoms. The summed E-state index contributed by atoms with van der Waals surface area (Å²) in [7, 11) is 0. The average molecular weight is 220 g/mol. The molecule has 0 aliphatic carbocycles. The monoisotopic (exact) mass is 219 g/mol. The third kappa shape index (κ3) is 3.01. The molecule has 0 bridgehead atoms. The van der Waals surface area contributed by atoms with Gasteiger partial charge in [0.1, 0.15) is 12.0 Å². The van der Waals surface area contributed by atoms with Crippen LogP contribution in [0.4, 0.5) is 5.69 Å². The maximum Gasteiger partial charge on any atom is 0.157 e. The van der Waals surface area contributed by atoms with Crippen molar-refractivity contribution in [2.24, 2.45) is 5.92 Å². The van der Waals surface area contributed by atoms with E-state index in [1.54, 1.807) is 0 Å². The Kier molecular flexibility index (Phi) is 3.75. The van der Waals surface area contributed by atoms with E-state index in [1.165, 1.54) is 6.33 Å². The molecule has 0 atom stereocenters. The van der Waals surface area contributed by atoms with Gasteiger partial charge in [0.15, 0.2) is 10.3 Å². The van der Waals surface area contributed by atoms with E-state index in [1.807, 2.05) is 0 Å². The van der Waals surface area contributed by atoms with Gasteiger partial charge in [-0.15, -0.1) is 0 Å². The summed E-state index contributed by atoms with van der Waals surface area (Å²) < 4.78 is 0. The highest BCUT2D eigenvalue weighted by atomic mass is 35.5. The van der Waals surface area contributed by atoms with Crippen LogP contribution in [0.2, 0.25) is 10.3 Å². The first kappa shape index (κ1) is 10.5. The van der Waals surface area contributed by atoms with E-state index in [-0.39, 0.29) is 0 Å². The maximum atomic E-state index is 5.81. The Hall–Kier alpha value is -0.540. The van der Waals surface area contributed by atoms with Crippen LogP contribution in [0.5, 0.6) is 0 Å². The van der Waals surface area contributed by atoms with Gasteiger partial charge in [-0.3, -0.25) is 0 Å². The van der Waals surface area contributed by atoms with Gasteiger partial charge in [-0.05, 0) is 5.92 Å². The molecular formula is C8H11Cl2N3. The van der Waals surface area contributed by atoms with Crippen LogP contribution in [0.25, 0.3) is 0 Å². The molecule has 72 valence electrons. The summed E-state index contributed by atoms with van der Waals surface area (Å²) in [6, 6.07) is 0. The lowest BCUT2D eigenvalue weighted by atomic mass is 10.2. The summed E-state index contributed by atoms with van der Waals surface area (Å²) in [6.07, 6.45) is 1.34. The molecule has 1 aromatic heterocycles. The molecule has 0 fully saturated rings. The topological polar surface area (TPSA) is 37.8 Å². The van der Waals surface area contributed by atoms with Crippen molar-refractivity contribution in [3.8, 4) is 0 Å². The van der Waals surface area contributed by atoms with Crippen molar-refractivity contribution in [2.75, 3.05) is 11.9 Å². The molecule has 1 aromatic rings. The summed E-state index contributed by atoms with van der Waals surface area (Å²) in [4.78, 5) is 7.65. The summed E-state index contributed by atoms with van der Waals surface area (Å²) in [5, 5.41) is 3.82. The van der Waals surface area contributed by atoms with Gasteiger partial charge in [-0.2, -0.15) is 0 Å². The fourth-order valence-electron chi connectivity index (χ4n) is 0.797. The summed E-state index contributed by atoms with van der Waals surface area (Å²) in [5.41, 5.74) is 0.611. The molecule has 0 aliphatic heterocycles. The van der Waals surface area contributed by atoms with Gasteiger partial charge in [-0.25, -0.2) is 9.97 Å². The maximum absolute atomic E-state index is 5.81. The minimum absolute atomic E-state index is 0.362. The van der Waals surface area contributed by atoms with Gasteiger partial charge >= 0.3 is 0 Å². The lowest BCUT2D eigenvalue weighted by Crippen LogP contribution is -2.09. The number of nitrogens with one attached hydrogen (secondary N) is 1. The van der Waals surface area contributed by atoms with Gasteiger partial charge in [0, 0.05) is 6.54 Å². The van der Waals surface area contributed by atoms with Crippen molar-refractivity contribution < 1.29 is 0 Å². The zero-order valence-corrected chi connectivity index (χ0v) is 9.02. The van der Waals surface area contributed by atoms with Gasteiger partial charge in [0.2, 0.25) is 0 Å². The molecule has 0 radical (unpaired) electrons. The first-order valence-corrected chi connectivity index (χ1v) is 4.76. The SMILES string of the molecule is CC(C)CNc1c(Cl)ncnc1Cl. The van der Waals surface area contributed by atoms with Crippen LogP contribution in [0, 0.1) is 5.92 Å². The Morgan fingerprint density at radius 1 is 1.31 bits per heavy atom. The molecule has 0 unspecified atom stereocenters. The number of halogens is 2. The molecule has 0 aliphatic rings. The minimum Gasteiger partial charge on any atom is -0.380 e.